The molecular weight excluding hydrogens is 531 g/mol. The molecule has 2 aromatic carbocycles. The van der Waals surface area contributed by atoms with Crippen molar-refractivity contribution in [2.45, 2.75) is 38.5 Å². The van der Waals surface area contributed by atoms with E-state index in [1.54, 1.807) is 12.3 Å². The third-order valence-electron chi connectivity index (χ3n) is 6.88. The van der Waals surface area contributed by atoms with Gasteiger partial charge in [-0.3, -0.25) is 9.36 Å². The predicted molar refractivity (Wildman–Crippen MR) is 144 cm³/mol. The Morgan fingerprint density at radius 2 is 1.97 bits per heavy atom. The number of phenolic OH excluding ortho intramolecular Hbond substituents is 1. The molecule has 2 N–H and O–H groups in total. The minimum atomic E-state index is -4.71. The van der Waals surface area contributed by atoms with Crippen molar-refractivity contribution < 1.29 is 18.3 Å². The van der Waals surface area contributed by atoms with Crippen LogP contribution in [-0.4, -0.2) is 50.7 Å². The summed E-state index contributed by atoms with van der Waals surface area (Å²) in [5.41, 5.74) is 1.38. The van der Waals surface area contributed by atoms with E-state index in [1.807, 2.05) is 26.1 Å². The molecule has 0 bridgehead atoms. The monoisotopic (exact) mass is 557 g/mol. The number of aromatic hydroxyl groups is 1. The van der Waals surface area contributed by atoms with Crippen molar-refractivity contribution in [3.63, 3.8) is 0 Å². The molecule has 204 valence electrons. The second-order valence-corrected chi connectivity index (χ2v) is 10.4. The van der Waals surface area contributed by atoms with Crippen LogP contribution in [0.2, 0.25) is 5.02 Å². The lowest BCUT2D eigenvalue weighted by atomic mass is 9.97. The molecule has 7 nitrogen and oxygen atoms in total. The number of aromatic nitrogens is 3. The molecule has 5 rings (SSSR count). The number of benzene rings is 2. The number of aryl methyl sites for hydroxylation is 1. The lowest BCUT2D eigenvalue weighted by Crippen LogP contribution is -2.35. The molecule has 0 saturated carbocycles. The Balaban J connectivity index is 1.71. The maximum absolute atomic E-state index is 13.9. The first-order valence-electron chi connectivity index (χ1n) is 12.5. The molecule has 1 atom stereocenters. The first-order chi connectivity index (χ1) is 18.5. The lowest BCUT2D eigenvalue weighted by molar-refractivity contribution is -0.137. The Labute approximate surface area is 227 Å². The van der Waals surface area contributed by atoms with Gasteiger partial charge in [0.15, 0.2) is 5.65 Å². The first-order valence-corrected chi connectivity index (χ1v) is 12.9. The Hall–Kier alpha value is -3.47. The van der Waals surface area contributed by atoms with Gasteiger partial charge in [-0.25, -0.2) is 9.97 Å². The highest BCUT2D eigenvalue weighted by Crippen LogP contribution is 2.34. The zero-order valence-electron chi connectivity index (χ0n) is 21.4. The van der Waals surface area contributed by atoms with E-state index in [1.165, 1.54) is 0 Å². The van der Waals surface area contributed by atoms with Crippen molar-refractivity contribution >= 4 is 22.6 Å². The number of hydrogen-bond donors (Lipinski definition) is 2. The van der Waals surface area contributed by atoms with Crippen LogP contribution in [-0.2, 0) is 12.7 Å². The van der Waals surface area contributed by atoms with Gasteiger partial charge < -0.3 is 15.3 Å². The average molecular weight is 558 g/mol. The summed E-state index contributed by atoms with van der Waals surface area (Å²) in [5.74, 6) is -0.614. The number of halogens is 4. The molecule has 2 aromatic heterocycles. The zero-order valence-corrected chi connectivity index (χ0v) is 22.1. The van der Waals surface area contributed by atoms with Gasteiger partial charge in [-0.05, 0) is 74.3 Å². The van der Waals surface area contributed by atoms with Gasteiger partial charge in [0.2, 0.25) is 0 Å². The summed E-state index contributed by atoms with van der Waals surface area (Å²) >= 11 is 6.36. The highest BCUT2D eigenvalue weighted by molar-refractivity contribution is 6.31. The van der Waals surface area contributed by atoms with Crippen LogP contribution in [0.5, 0.6) is 5.75 Å². The van der Waals surface area contributed by atoms with Crippen molar-refractivity contribution in [2.24, 2.45) is 0 Å². The van der Waals surface area contributed by atoms with Crippen molar-refractivity contribution in [3.8, 4) is 22.6 Å². The van der Waals surface area contributed by atoms with Crippen molar-refractivity contribution in [2.75, 3.05) is 20.1 Å². The van der Waals surface area contributed by atoms with Gasteiger partial charge in [0.1, 0.15) is 12.1 Å². The van der Waals surface area contributed by atoms with Gasteiger partial charge in [-0.2, -0.15) is 13.2 Å². The average Bonchev–Trinajstić information content (AvgIpc) is 3.35. The van der Waals surface area contributed by atoms with Gasteiger partial charge in [-0.1, -0.05) is 17.7 Å². The fourth-order valence-corrected chi connectivity index (χ4v) is 5.45. The van der Waals surface area contributed by atoms with Crippen LogP contribution >= 0.6 is 11.6 Å². The number of likely N-dealkylation sites (N-methyl/N-ethyl adjacent to an activating group) is 1. The van der Waals surface area contributed by atoms with E-state index >= 15 is 0 Å². The molecule has 0 amide bonds. The van der Waals surface area contributed by atoms with E-state index in [0.717, 1.165) is 60.1 Å². The normalized spacial score (nSPS) is 15.9. The van der Waals surface area contributed by atoms with E-state index < -0.39 is 23.0 Å². The third kappa shape index (κ3) is 5.78. The number of nitrogens with zero attached hydrogens (tertiary/aromatic N) is 4. The quantitative estimate of drug-likeness (QED) is 0.334. The molecule has 0 unspecified atom stereocenters. The van der Waals surface area contributed by atoms with Crippen LogP contribution in [0.15, 0.2) is 53.7 Å². The topological polar surface area (TPSA) is 83.3 Å². The molecule has 1 aliphatic rings. The minimum absolute atomic E-state index is 0.153. The summed E-state index contributed by atoms with van der Waals surface area (Å²) in [6.45, 7) is 3.99. The molecule has 0 aliphatic carbocycles. The predicted octanol–water partition coefficient (Wildman–Crippen LogP) is 5.32. The van der Waals surface area contributed by atoms with Gasteiger partial charge in [0.05, 0.1) is 16.6 Å². The molecule has 1 aliphatic heterocycles. The Kier molecular flexibility index (Phi) is 7.37. The molecule has 0 radical (unpaired) electrons. The molecule has 0 spiro atoms. The molecule has 1 saturated heterocycles. The summed E-state index contributed by atoms with van der Waals surface area (Å²) < 4.78 is 41.4. The van der Waals surface area contributed by atoms with Crippen LogP contribution < -0.4 is 10.9 Å². The van der Waals surface area contributed by atoms with Crippen LogP contribution in [0.25, 0.3) is 27.8 Å². The maximum atomic E-state index is 13.9. The van der Waals surface area contributed by atoms with E-state index in [0.29, 0.717) is 34.8 Å². The number of phenols is 1. The van der Waals surface area contributed by atoms with Crippen LogP contribution in [0, 0.1) is 6.92 Å². The Morgan fingerprint density at radius 1 is 1.18 bits per heavy atom. The highest BCUT2D eigenvalue weighted by Gasteiger charge is 2.32. The van der Waals surface area contributed by atoms with Crippen LogP contribution in [0.4, 0.5) is 13.2 Å². The van der Waals surface area contributed by atoms with Crippen LogP contribution in [0.3, 0.4) is 0 Å². The van der Waals surface area contributed by atoms with Gasteiger partial charge in [-0.15, -0.1) is 0 Å². The van der Waals surface area contributed by atoms with Crippen molar-refractivity contribution in [1.82, 2.24) is 24.8 Å². The smallest absolute Gasteiger partial charge is 0.416 e. The molecule has 4 aromatic rings. The van der Waals surface area contributed by atoms with Crippen LogP contribution in [0.1, 0.15) is 29.5 Å². The molecule has 11 heteroatoms. The molecular formula is C28H27ClF3N5O2. The largest absolute Gasteiger partial charge is 0.508 e. The van der Waals surface area contributed by atoms with E-state index in [9.17, 15) is 23.1 Å². The Bertz CT molecular complexity index is 1580. The number of pyridine rings is 1. The molecule has 1 fully saturated rings. The van der Waals surface area contributed by atoms with E-state index in [-0.39, 0.29) is 16.7 Å². The Morgan fingerprint density at radius 3 is 2.67 bits per heavy atom. The van der Waals surface area contributed by atoms with Crippen molar-refractivity contribution in [3.05, 3.63) is 81.0 Å². The fraction of sp³-hybridized carbons (Fsp3) is 0.321. The summed E-state index contributed by atoms with van der Waals surface area (Å²) in [4.78, 5) is 24.8. The maximum Gasteiger partial charge on any atom is 0.416 e. The summed E-state index contributed by atoms with van der Waals surface area (Å²) in [6, 6.07) is 8.40. The summed E-state index contributed by atoms with van der Waals surface area (Å²) in [5, 5.41) is 14.2. The second-order valence-electron chi connectivity index (χ2n) is 10.0. The number of alkyl halides is 3. The second kappa shape index (κ2) is 10.6. The van der Waals surface area contributed by atoms with Gasteiger partial charge in [0.25, 0.3) is 5.56 Å². The number of rotatable bonds is 6. The molecule has 39 heavy (non-hydrogen) atoms. The van der Waals surface area contributed by atoms with E-state index in [2.05, 4.69) is 20.2 Å². The lowest BCUT2D eigenvalue weighted by Gasteiger charge is -2.23. The standard InChI is InChI=1S/C28H27ClF3N5O2/c1-16-6-17(8-19(29)7-16)23-12-34-26-25(24(23)14-36(2)13-20-4-3-5-33-20)27(39)37(15-35-26)21-9-18(28(30,31)32)10-22(38)11-21/h6-12,15,20,33,38H,3-5,13-14H2,1-2H3/t20-/m0/s1. The van der Waals surface area contributed by atoms with E-state index in [4.69, 9.17) is 11.6 Å². The number of nitrogens with one attached hydrogen (secondary N) is 1. The fourth-order valence-electron chi connectivity index (χ4n) is 5.16. The third-order valence-corrected chi connectivity index (χ3v) is 7.10. The minimum Gasteiger partial charge on any atom is -0.508 e. The summed E-state index contributed by atoms with van der Waals surface area (Å²) in [6.07, 6.45) is 0.225. The zero-order chi connectivity index (χ0) is 27.9. The van der Waals surface area contributed by atoms with Gasteiger partial charge in [0, 0.05) is 42.0 Å². The first kappa shape index (κ1) is 27.1. The summed E-state index contributed by atoms with van der Waals surface area (Å²) in [7, 11) is 1.96. The number of fused-ring (bicyclic) bond motifs is 1. The number of hydrogen-bond acceptors (Lipinski definition) is 6. The van der Waals surface area contributed by atoms with Crippen molar-refractivity contribution in [1.29, 1.82) is 0 Å². The molecule has 3 heterocycles. The van der Waals surface area contributed by atoms with Gasteiger partial charge >= 0.3 is 6.18 Å². The highest BCUT2D eigenvalue weighted by atomic mass is 35.5. The SMILES string of the molecule is Cc1cc(Cl)cc(-c2cnc3ncn(-c4cc(O)cc(C(F)(F)F)c4)c(=O)c3c2CN(C)C[C@@H]2CCCN2)c1.